The van der Waals surface area contributed by atoms with E-state index in [1.165, 1.54) is 42.5 Å². The molecule has 0 radical (unpaired) electrons. The van der Waals surface area contributed by atoms with E-state index in [0.717, 1.165) is 0 Å². The molecule has 2 aromatic heterocycles. The molecule has 1 aliphatic carbocycles. The number of aliphatic imine (C=N–C) groups is 1. The summed E-state index contributed by atoms with van der Waals surface area (Å²) in [6.07, 6.45) is 3.22. The van der Waals surface area contributed by atoms with Crippen LogP contribution in [-0.4, -0.2) is 43.3 Å². The fraction of sp³-hybridized carbons (Fsp3) is 0.286. The van der Waals surface area contributed by atoms with Gasteiger partial charge in [-0.05, 0) is 30.7 Å². The molecule has 5 rings (SSSR count). The number of alkyl halides is 1. The third-order valence-corrected chi connectivity index (χ3v) is 7.28. The molecule has 162 valence electrons. The minimum absolute atomic E-state index is 0.0617. The van der Waals surface area contributed by atoms with Crippen molar-refractivity contribution in [2.24, 2.45) is 16.6 Å². The number of amidine groups is 1. The van der Waals surface area contributed by atoms with Crippen molar-refractivity contribution in [2.75, 3.05) is 18.6 Å². The lowest BCUT2D eigenvalue weighted by molar-refractivity contribution is 0.231. The van der Waals surface area contributed by atoms with E-state index in [4.69, 9.17) is 11.0 Å². The zero-order valence-electron chi connectivity index (χ0n) is 16.6. The maximum absolute atomic E-state index is 15.0. The third kappa shape index (κ3) is 3.06. The summed E-state index contributed by atoms with van der Waals surface area (Å²) in [7, 11) is 0. The molecule has 32 heavy (non-hydrogen) atoms. The number of aromatic nitrogens is 3. The maximum Gasteiger partial charge on any atom is 0.160 e. The second kappa shape index (κ2) is 7.36. The molecule has 8 nitrogen and oxygen atoms in total. The Kier molecular flexibility index (Phi) is 4.72. The van der Waals surface area contributed by atoms with Crippen molar-refractivity contribution in [2.45, 2.75) is 16.7 Å². The predicted octanol–water partition coefficient (Wildman–Crippen LogP) is 2.76. The molecule has 1 aromatic carbocycles. The summed E-state index contributed by atoms with van der Waals surface area (Å²) >= 11 is 1.22. The number of pyridine rings is 1. The molecule has 0 bridgehead atoms. The van der Waals surface area contributed by atoms with Crippen molar-refractivity contribution >= 4 is 39.5 Å². The lowest BCUT2D eigenvalue weighted by atomic mass is 9.84. The number of rotatable bonds is 5. The van der Waals surface area contributed by atoms with Gasteiger partial charge < -0.3 is 16.2 Å². The lowest BCUT2D eigenvalue weighted by Crippen LogP contribution is -2.41. The molecule has 0 spiro atoms. The van der Waals surface area contributed by atoms with Crippen LogP contribution in [0.15, 0.2) is 41.8 Å². The van der Waals surface area contributed by atoms with Crippen LogP contribution in [0.4, 0.5) is 20.3 Å². The number of benzene rings is 1. The molecule has 3 aromatic rings. The van der Waals surface area contributed by atoms with Crippen LogP contribution in [0, 0.1) is 23.1 Å². The molecule has 1 saturated carbocycles. The Balaban J connectivity index is 1.57. The SMILES string of the molecule is N#Cc1cnc2c(Nc3ccc(F)c([C@@]4(CF)N=C(N)S[C@@]5(CO)CC54)c3)ncnc2c1. The number of aliphatic hydroxyl groups is 1. The fourth-order valence-corrected chi connectivity index (χ4v) is 5.60. The molecule has 3 atom stereocenters. The second-order valence-corrected chi connectivity index (χ2v) is 9.27. The Labute approximate surface area is 185 Å². The fourth-order valence-electron chi connectivity index (χ4n) is 4.33. The molecule has 3 heterocycles. The van der Waals surface area contributed by atoms with E-state index in [1.54, 1.807) is 6.07 Å². The minimum atomic E-state index is -1.51. The first-order chi connectivity index (χ1) is 15.4. The molecule has 11 heteroatoms. The first-order valence-electron chi connectivity index (χ1n) is 9.74. The van der Waals surface area contributed by atoms with Crippen LogP contribution >= 0.6 is 11.8 Å². The summed E-state index contributed by atoms with van der Waals surface area (Å²) in [6, 6.07) is 7.81. The smallest absolute Gasteiger partial charge is 0.160 e. The highest BCUT2D eigenvalue weighted by Gasteiger charge is 2.68. The van der Waals surface area contributed by atoms with Crippen molar-refractivity contribution in [1.29, 1.82) is 5.26 Å². The van der Waals surface area contributed by atoms with Crippen molar-refractivity contribution < 1.29 is 13.9 Å². The summed E-state index contributed by atoms with van der Waals surface area (Å²) in [6.45, 7) is -1.14. The van der Waals surface area contributed by atoms with Gasteiger partial charge in [-0.2, -0.15) is 5.26 Å². The van der Waals surface area contributed by atoms with Crippen molar-refractivity contribution in [3.05, 3.63) is 53.7 Å². The van der Waals surface area contributed by atoms with Gasteiger partial charge in [-0.25, -0.2) is 28.7 Å². The van der Waals surface area contributed by atoms with E-state index in [1.807, 2.05) is 6.07 Å². The van der Waals surface area contributed by atoms with Crippen molar-refractivity contribution in [1.82, 2.24) is 15.0 Å². The van der Waals surface area contributed by atoms with E-state index >= 15 is 0 Å². The quantitative estimate of drug-likeness (QED) is 0.537. The molecule has 0 amide bonds. The Hall–Kier alpha value is -3.36. The highest BCUT2D eigenvalue weighted by Crippen LogP contribution is 2.65. The number of nitriles is 1. The zero-order chi connectivity index (χ0) is 22.5. The summed E-state index contributed by atoms with van der Waals surface area (Å²) < 4.78 is 28.8. The van der Waals surface area contributed by atoms with E-state index in [9.17, 15) is 13.9 Å². The molecule has 4 N–H and O–H groups in total. The van der Waals surface area contributed by atoms with Gasteiger partial charge in [0.15, 0.2) is 11.0 Å². The van der Waals surface area contributed by atoms with Gasteiger partial charge in [0.2, 0.25) is 0 Å². The largest absolute Gasteiger partial charge is 0.395 e. The van der Waals surface area contributed by atoms with Crippen LogP contribution in [-0.2, 0) is 5.54 Å². The van der Waals surface area contributed by atoms with Gasteiger partial charge in [-0.3, -0.25) is 0 Å². The molecule has 0 saturated heterocycles. The summed E-state index contributed by atoms with van der Waals surface area (Å²) in [5, 5.41) is 22.1. The van der Waals surface area contributed by atoms with Crippen molar-refractivity contribution in [3.8, 4) is 6.07 Å². The second-order valence-electron chi connectivity index (χ2n) is 7.84. The number of halogens is 2. The molecule has 1 unspecified atom stereocenters. The summed E-state index contributed by atoms with van der Waals surface area (Å²) in [5.74, 6) is -0.637. The van der Waals surface area contributed by atoms with Gasteiger partial charge in [0.1, 0.15) is 35.9 Å². The van der Waals surface area contributed by atoms with E-state index < -0.39 is 22.8 Å². The van der Waals surface area contributed by atoms with E-state index in [0.29, 0.717) is 34.5 Å². The number of aliphatic hydroxyl groups excluding tert-OH is 1. The Morgan fingerprint density at radius 3 is 2.91 bits per heavy atom. The normalized spacial score (nSPS) is 26.2. The highest BCUT2D eigenvalue weighted by atomic mass is 32.2. The third-order valence-electron chi connectivity index (χ3n) is 5.99. The van der Waals surface area contributed by atoms with Gasteiger partial charge in [0.25, 0.3) is 0 Å². The van der Waals surface area contributed by atoms with Crippen LogP contribution in [0.3, 0.4) is 0 Å². The molecule has 1 fully saturated rings. The van der Waals surface area contributed by atoms with E-state index in [-0.39, 0.29) is 23.3 Å². The number of nitrogens with two attached hydrogens (primary N) is 1. The minimum Gasteiger partial charge on any atom is -0.395 e. The van der Waals surface area contributed by atoms with E-state index in [2.05, 4.69) is 25.3 Å². The first kappa shape index (κ1) is 20.5. The molecule has 1 aliphatic heterocycles. The zero-order valence-corrected chi connectivity index (χ0v) is 17.4. The number of fused-ring (bicyclic) bond motifs is 2. The van der Waals surface area contributed by atoms with Crippen LogP contribution in [0.1, 0.15) is 17.5 Å². The number of hydrogen-bond acceptors (Lipinski definition) is 9. The maximum atomic E-state index is 15.0. The van der Waals surface area contributed by atoms with Gasteiger partial charge in [-0.1, -0.05) is 11.8 Å². The average Bonchev–Trinajstić information content (AvgIpc) is 3.55. The standard InChI is InChI=1S/C21H17F2N7OS/c22-8-21(16-5-20(16,9-31)32-19(25)30-21)13-4-12(1-2-14(13)23)29-18-17-15(27-10-28-18)3-11(6-24)7-26-17/h1-4,7,10,16,31H,5,8-9H2,(H2,25,30)(H,27,28,29)/t16?,20-,21-/m1/s1. The van der Waals surface area contributed by atoms with Gasteiger partial charge >= 0.3 is 0 Å². The number of anilines is 2. The summed E-state index contributed by atoms with van der Waals surface area (Å²) in [5.41, 5.74) is 6.20. The number of thioether (sulfide) groups is 1. The lowest BCUT2D eigenvalue weighted by Gasteiger charge is -2.34. The van der Waals surface area contributed by atoms with Gasteiger partial charge in [-0.15, -0.1) is 0 Å². The Morgan fingerprint density at radius 1 is 1.31 bits per heavy atom. The van der Waals surface area contributed by atoms with Crippen LogP contribution < -0.4 is 11.1 Å². The molecular weight excluding hydrogens is 436 g/mol. The highest BCUT2D eigenvalue weighted by molar-refractivity contribution is 8.15. The first-order valence-corrected chi connectivity index (χ1v) is 10.6. The number of nitrogens with zero attached hydrogens (tertiary/aromatic N) is 5. The average molecular weight is 453 g/mol. The number of hydrogen-bond donors (Lipinski definition) is 3. The monoisotopic (exact) mass is 453 g/mol. The van der Waals surface area contributed by atoms with Gasteiger partial charge in [0, 0.05) is 23.4 Å². The van der Waals surface area contributed by atoms with Crippen LogP contribution in [0.25, 0.3) is 11.0 Å². The summed E-state index contributed by atoms with van der Waals surface area (Å²) in [4.78, 5) is 16.9. The Bertz CT molecular complexity index is 1310. The van der Waals surface area contributed by atoms with Crippen LogP contribution in [0.2, 0.25) is 0 Å². The molecular formula is C21H17F2N7OS. The molecule has 2 aliphatic rings. The topological polar surface area (TPSA) is 133 Å². The Morgan fingerprint density at radius 2 is 2.16 bits per heavy atom. The van der Waals surface area contributed by atoms with Crippen LogP contribution in [0.5, 0.6) is 0 Å². The van der Waals surface area contributed by atoms with Crippen molar-refractivity contribution in [3.63, 3.8) is 0 Å². The van der Waals surface area contributed by atoms with Gasteiger partial charge in [0.05, 0.1) is 22.4 Å². The number of nitrogens with one attached hydrogen (secondary N) is 1. The predicted molar refractivity (Wildman–Crippen MR) is 117 cm³/mol.